The number of urea groups is 1. The maximum Gasteiger partial charge on any atom is 0.323 e. The Morgan fingerprint density at radius 1 is 0.950 bits per heavy atom. The number of rotatable bonds is 2. The highest BCUT2D eigenvalue weighted by molar-refractivity contribution is 6.00. The molecule has 0 aliphatic carbocycles. The van der Waals surface area contributed by atoms with Crippen LogP contribution in [0.4, 0.5) is 16.2 Å². The van der Waals surface area contributed by atoms with Crippen LogP contribution in [-0.2, 0) is 0 Å². The van der Waals surface area contributed by atoms with Crippen molar-refractivity contribution in [3.8, 4) is 17.2 Å². The van der Waals surface area contributed by atoms with E-state index in [2.05, 4.69) is 10.6 Å². The van der Waals surface area contributed by atoms with E-state index < -0.39 is 6.03 Å². The lowest BCUT2D eigenvalue weighted by Crippen LogP contribution is -2.19. The zero-order chi connectivity index (χ0) is 14.7. The first-order chi connectivity index (χ1) is 9.44. The molecule has 2 aromatic rings. The van der Waals surface area contributed by atoms with Crippen molar-refractivity contribution < 1.29 is 20.1 Å². The first-order valence-electron chi connectivity index (χ1n) is 5.85. The average molecular weight is 274 g/mol. The molecule has 0 aromatic heterocycles. The maximum absolute atomic E-state index is 11.8. The minimum absolute atomic E-state index is 0.0514. The maximum atomic E-state index is 11.8. The van der Waals surface area contributed by atoms with Gasteiger partial charge in [-0.05, 0) is 24.6 Å². The second-order valence-corrected chi connectivity index (χ2v) is 4.34. The van der Waals surface area contributed by atoms with Gasteiger partial charge in [-0.1, -0.05) is 6.07 Å². The van der Waals surface area contributed by atoms with Gasteiger partial charge in [-0.3, -0.25) is 0 Å². The van der Waals surface area contributed by atoms with E-state index >= 15 is 0 Å². The Bertz CT molecular complexity index is 635. The van der Waals surface area contributed by atoms with Crippen molar-refractivity contribution in [1.29, 1.82) is 0 Å². The third-order valence-electron chi connectivity index (χ3n) is 2.56. The number of hydrogen-bond donors (Lipinski definition) is 5. The van der Waals surface area contributed by atoms with Crippen molar-refractivity contribution in [1.82, 2.24) is 0 Å². The molecule has 0 heterocycles. The van der Waals surface area contributed by atoms with Crippen LogP contribution in [-0.4, -0.2) is 21.4 Å². The molecule has 0 aliphatic heterocycles. The molecule has 6 nitrogen and oxygen atoms in total. The SMILES string of the molecule is Cc1ccc(O)c(NC(=O)Nc2cc(O)cc(O)c2)c1. The highest BCUT2D eigenvalue weighted by atomic mass is 16.3. The number of carbonyl (C=O) groups is 1. The van der Waals surface area contributed by atoms with E-state index in [1.54, 1.807) is 12.1 Å². The minimum Gasteiger partial charge on any atom is -0.508 e. The molecule has 0 fully saturated rings. The number of aryl methyl sites for hydroxylation is 1. The van der Waals surface area contributed by atoms with Crippen molar-refractivity contribution in [2.24, 2.45) is 0 Å². The van der Waals surface area contributed by atoms with E-state index in [1.165, 1.54) is 18.2 Å². The second-order valence-electron chi connectivity index (χ2n) is 4.34. The Kier molecular flexibility index (Phi) is 3.65. The number of carbonyl (C=O) groups excluding carboxylic acids is 1. The fourth-order valence-corrected chi connectivity index (χ4v) is 1.70. The van der Waals surface area contributed by atoms with Gasteiger partial charge in [0.15, 0.2) is 0 Å². The number of hydrogen-bond acceptors (Lipinski definition) is 4. The number of phenols is 3. The quantitative estimate of drug-likeness (QED) is 0.543. The highest BCUT2D eigenvalue weighted by Gasteiger charge is 2.08. The van der Waals surface area contributed by atoms with Crippen LogP contribution in [0.25, 0.3) is 0 Å². The Morgan fingerprint density at radius 2 is 1.60 bits per heavy atom. The lowest BCUT2D eigenvalue weighted by Gasteiger charge is -2.10. The summed E-state index contributed by atoms with van der Waals surface area (Å²) in [4.78, 5) is 11.8. The number of anilines is 2. The first-order valence-corrected chi connectivity index (χ1v) is 5.85. The molecular weight excluding hydrogens is 260 g/mol. The van der Waals surface area contributed by atoms with Crippen LogP contribution < -0.4 is 10.6 Å². The molecule has 0 unspecified atom stereocenters. The summed E-state index contributed by atoms with van der Waals surface area (Å²) in [6.07, 6.45) is 0. The molecule has 0 saturated carbocycles. The summed E-state index contributed by atoms with van der Waals surface area (Å²) in [5, 5.41) is 33.1. The zero-order valence-electron chi connectivity index (χ0n) is 10.7. The first kappa shape index (κ1) is 13.5. The third kappa shape index (κ3) is 3.32. The molecule has 0 saturated heterocycles. The smallest absolute Gasteiger partial charge is 0.323 e. The topological polar surface area (TPSA) is 102 Å². The van der Waals surface area contributed by atoms with E-state index in [1.807, 2.05) is 6.92 Å². The molecule has 0 bridgehead atoms. The van der Waals surface area contributed by atoms with Crippen molar-refractivity contribution in [2.45, 2.75) is 6.92 Å². The van der Waals surface area contributed by atoms with Gasteiger partial charge in [0.2, 0.25) is 0 Å². The molecule has 0 aliphatic rings. The van der Waals surface area contributed by atoms with Crippen molar-refractivity contribution >= 4 is 17.4 Å². The zero-order valence-corrected chi connectivity index (χ0v) is 10.7. The van der Waals surface area contributed by atoms with E-state index in [0.717, 1.165) is 11.6 Å². The Morgan fingerprint density at radius 3 is 2.25 bits per heavy atom. The van der Waals surface area contributed by atoms with E-state index in [4.69, 9.17) is 0 Å². The number of benzene rings is 2. The van der Waals surface area contributed by atoms with Crippen LogP contribution >= 0.6 is 0 Å². The third-order valence-corrected chi connectivity index (χ3v) is 2.56. The fourth-order valence-electron chi connectivity index (χ4n) is 1.70. The molecule has 0 atom stereocenters. The number of aromatic hydroxyl groups is 3. The summed E-state index contributed by atoms with van der Waals surface area (Å²) in [6.45, 7) is 1.83. The van der Waals surface area contributed by atoms with Gasteiger partial charge in [0, 0.05) is 23.9 Å². The van der Waals surface area contributed by atoms with Crippen LogP contribution in [0, 0.1) is 6.92 Å². The molecule has 104 valence electrons. The minimum atomic E-state index is -0.601. The molecule has 20 heavy (non-hydrogen) atoms. The summed E-state index contributed by atoms with van der Waals surface area (Å²) < 4.78 is 0. The van der Waals surface area contributed by atoms with Gasteiger partial charge in [0.05, 0.1) is 5.69 Å². The van der Waals surface area contributed by atoms with Gasteiger partial charge in [-0.25, -0.2) is 4.79 Å². The Balaban J connectivity index is 2.11. The molecule has 0 radical (unpaired) electrons. The molecule has 2 aromatic carbocycles. The van der Waals surface area contributed by atoms with Gasteiger partial charge in [-0.2, -0.15) is 0 Å². The van der Waals surface area contributed by atoms with E-state index in [-0.39, 0.29) is 28.6 Å². The predicted octanol–water partition coefficient (Wildman–Crippen LogP) is 2.76. The highest BCUT2D eigenvalue weighted by Crippen LogP contribution is 2.26. The number of amides is 2. The summed E-state index contributed by atoms with van der Waals surface area (Å²) in [5.74, 6) is -0.387. The average Bonchev–Trinajstić information content (AvgIpc) is 2.32. The van der Waals surface area contributed by atoms with Crippen LogP contribution in [0.5, 0.6) is 17.2 Å². The predicted molar refractivity (Wildman–Crippen MR) is 75.3 cm³/mol. The van der Waals surface area contributed by atoms with E-state index in [9.17, 15) is 20.1 Å². The molecule has 2 rings (SSSR count). The van der Waals surface area contributed by atoms with Crippen molar-refractivity contribution in [3.05, 3.63) is 42.0 Å². The number of phenolic OH excluding ortho intramolecular Hbond substituents is 3. The van der Waals surface area contributed by atoms with Gasteiger partial charge in [0.1, 0.15) is 17.2 Å². The van der Waals surface area contributed by atoms with Crippen LogP contribution in [0.15, 0.2) is 36.4 Å². The second kappa shape index (κ2) is 5.40. The standard InChI is InChI=1S/C14H14N2O4/c1-8-2-3-13(19)12(4-8)16-14(20)15-9-5-10(17)7-11(18)6-9/h2-7,17-19H,1H3,(H2,15,16,20). The normalized spacial score (nSPS) is 10.1. The molecule has 2 amide bonds. The fraction of sp³-hybridized carbons (Fsp3) is 0.0714. The monoisotopic (exact) mass is 274 g/mol. The van der Waals surface area contributed by atoms with E-state index in [0.29, 0.717) is 0 Å². The summed E-state index contributed by atoms with van der Waals surface area (Å²) in [5.41, 5.74) is 1.38. The Hall–Kier alpha value is -2.89. The summed E-state index contributed by atoms with van der Waals surface area (Å²) >= 11 is 0. The molecule has 0 spiro atoms. The molecular formula is C14H14N2O4. The summed E-state index contributed by atoms with van der Waals surface area (Å²) in [6, 6.07) is 7.93. The molecule has 6 heteroatoms. The largest absolute Gasteiger partial charge is 0.508 e. The van der Waals surface area contributed by atoms with Crippen LogP contribution in [0.3, 0.4) is 0 Å². The van der Waals surface area contributed by atoms with Crippen molar-refractivity contribution in [3.63, 3.8) is 0 Å². The van der Waals surface area contributed by atoms with Crippen molar-refractivity contribution in [2.75, 3.05) is 10.6 Å². The van der Waals surface area contributed by atoms with Crippen LogP contribution in [0.2, 0.25) is 0 Å². The van der Waals surface area contributed by atoms with Gasteiger partial charge in [0.25, 0.3) is 0 Å². The number of nitrogens with one attached hydrogen (secondary N) is 2. The molecule has 5 N–H and O–H groups in total. The lowest BCUT2D eigenvalue weighted by molar-refractivity contribution is 0.262. The van der Waals surface area contributed by atoms with Gasteiger partial charge in [-0.15, -0.1) is 0 Å². The lowest BCUT2D eigenvalue weighted by atomic mass is 10.2. The Labute approximate surface area is 115 Å². The van der Waals surface area contributed by atoms with Crippen LogP contribution in [0.1, 0.15) is 5.56 Å². The van der Waals surface area contributed by atoms with Gasteiger partial charge < -0.3 is 26.0 Å². The summed E-state index contributed by atoms with van der Waals surface area (Å²) in [7, 11) is 0. The van der Waals surface area contributed by atoms with Gasteiger partial charge >= 0.3 is 6.03 Å².